The van der Waals surface area contributed by atoms with E-state index in [4.69, 9.17) is 4.74 Å². The zero-order valence-electron chi connectivity index (χ0n) is 13.8. The van der Waals surface area contributed by atoms with Gasteiger partial charge in [0.05, 0.1) is 19.3 Å². The maximum absolute atomic E-state index is 11.8. The predicted octanol–water partition coefficient (Wildman–Crippen LogP) is 2.76. The third kappa shape index (κ3) is 3.34. The molecule has 0 unspecified atom stereocenters. The topological polar surface area (TPSA) is 88.5 Å². The van der Waals surface area contributed by atoms with Crippen LogP contribution in [0.3, 0.4) is 0 Å². The number of hydrogen-bond donors (Lipinski definition) is 2. The van der Waals surface area contributed by atoms with Gasteiger partial charge in [-0.1, -0.05) is 13.8 Å². The van der Waals surface area contributed by atoms with Gasteiger partial charge in [0.2, 0.25) is 5.91 Å². The minimum absolute atomic E-state index is 0.0917. The number of anilines is 3. The van der Waals surface area contributed by atoms with E-state index in [2.05, 4.69) is 25.6 Å². The van der Waals surface area contributed by atoms with E-state index in [1.54, 1.807) is 13.2 Å². The zero-order valence-corrected chi connectivity index (χ0v) is 13.8. The average Bonchev–Trinajstić information content (AvgIpc) is 3.01. The number of benzene rings is 1. The lowest BCUT2D eigenvalue weighted by Gasteiger charge is -2.13. The molecule has 0 fully saturated rings. The summed E-state index contributed by atoms with van der Waals surface area (Å²) in [5.74, 6) is 1.52. The Kier molecular flexibility index (Phi) is 4.41. The van der Waals surface area contributed by atoms with Crippen molar-refractivity contribution < 1.29 is 9.53 Å². The van der Waals surface area contributed by atoms with Gasteiger partial charge in [-0.25, -0.2) is 9.97 Å². The molecule has 3 rings (SSSR count). The first-order chi connectivity index (χ1) is 11.6. The van der Waals surface area contributed by atoms with Crippen LogP contribution in [-0.2, 0) is 11.3 Å². The first kappa shape index (κ1) is 15.9. The molecule has 7 heteroatoms. The largest absolute Gasteiger partial charge is 0.495 e. The third-order valence-electron chi connectivity index (χ3n) is 3.66. The molecular formula is C17H19N5O2. The van der Waals surface area contributed by atoms with Crippen LogP contribution in [0.25, 0.3) is 0 Å². The van der Waals surface area contributed by atoms with E-state index >= 15 is 0 Å². The number of carbonyl (C=O) groups excluding carboxylic acids is 1. The van der Waals surface area contributed by atoms with E-state index in [1.807, 2.05) is 32.2 Å². The summed E-state index contributed by atoms with van der Waals surface area (Å²) < 4.78 is 5.44. The van der Waals surface area contributed by atoms with E-state index in [-0.39, 0.29) is 11.8 Å². The van der Waals surface area contributed by atoms with Crippen LogP contribution in [0, 0.1) is 5.92 Å². The molecule has 1 aromatic heterocycles. The molecule has 1 amide bonds. The van der Waals surface area contributed by atoms with E-state index < -0.39 is 0 Å². The van der Waals surface area contributed by atoms with Gasteiger partial charge in [0, 0.05) is 18.2 Å². The third-order valence-corrected chi connectivity index (χ3v) is 3.66. The van der Waals surface area contributed by atoms with Crippen molar-refractivity contribution in [2.24, 2.45) is 10.9 Å². The van der Waals surface area contributed by atoms with E-state index in [1.165, 1.54) is 6.33 Å². The first-order valence-electron chi connectivity index (χ1n) is 7.67. The number of aromatic nitrogens is 2. The SMILES string of the molecule is COc1cc2c(cc1Nc1cc(NC(=O)C(C)C)ncn1)C=NC2. The average molecular weight is 325 g/mol. The summed E-state index contributed by atoms with van der Waals surface area (Å²) in [6, 6.07) is 5.62. The molecule has 2 aromatic rings. The maximum atomic E-state index is 11.8. The van der Waals surface area contributed by atoms with Crippen molar-refractivity contribution in [3.8, 4) is 5.75 Å². The molecule has 2 N–H and O–H groups in total. The molecule has 2 heterocycles. The Morgan fingerprint density at radius 2 is 2.00 bits per heavy atom. The smallest absolute Gasteiger partial charge is 0.228 e. The van der Waals surface area contributed by atoms with Gasteiger partial charge in [-0.15, -0.1) is 0 Å². The molecule has 0 spiro atoms. The van der Waals surface area contributed by atoms with Gasteiger partial charge >= 0.3 is 0 Å². The van der Waals surface area contributed by atoms with Crippen molar-refractivity contribution in [3.05, 3.63) is 35.7 Å². The Hall–Kier alpha value is -2.96. The van der Waals surface area contributed by atoms with E-state index in [0.29, 0.717) is 23.9 Å². The van der Waals surface area contributed by atoms with E-state index in [9.17, 15) is 4.79 Å². The summed E-state index contributed by atoms with van der Waals surface area (Å²) in [6.07, 6.45) is 3.24. The number of rotatable bonds is 5. The van der Waals surface area contributed by atoms with Gasteiger partial charge < -0.3 is 15.4 Å². The Bertz CT molecular complexity index is 802. The highest BCUT2D eigenvalue weighted by Gasteiger charge is 2.14. The number of amides is 1. The Labute approximate surface area is 140 Å². The molecule has 1 aromatic carbocycles. The zero-order chi connectivity index (χ0) is 17.1. The molecule has 0 radical (unpaired) electrons. The molecule has 24 heavy (non-hydrogen) atoms. The highest BCUT2D eigenvalue weighted by molar-refractivity contribution is 5.91. The number of carbonyl (C=O) groups is 1. The second-order valence-electron chi connectivity index (χ2n) is 5.78. The van der Waals surface area contributed by atoms with Crippen molar-refractivity contribution in [1.82, 2.24) is 9.97 Å². The lowest BCUT2D eigenvalue weighted by Crippen LogP contribution is -2.18. The predicted molar refractivity (Wildman–Crippen MR) is 93.1 cm³/mol. The lowest BCUT2D eigenvalue weighted by molar-refractivity contribution is -0.118. The molecule has 1 aliphatic rings. The minimum atomic E-state index is -0.118. The quantitative estimate of drug-likeness (QED) is 0.882. The number of aliphatic imine (C=N–C) groups is 1. The van der Waals surface area contributed by atoms with Gasteiger partial charge in [0.1, 0.15) is 23.7 Å². The number of ether oxygens (including phenoxy) is 1. The van der Waals surface area contributed by atoms with Gasteiger partial charge in [0.15, 0.2) is 0 Å². The summed E-state index contributed by atoms with van der Waals surface area (Å²) in [7, 11) is 1.62. The standard InChI is InChI=1S/C17H19N5O2/c1-10(2)17(23)22-16-6-15(19-9-20-16)21-13-4-11-7-18-8-12(11)5-14(13)24-3/h4-7,9-10H,8H2,1-3H3,(H2,19,20,21,22,23). The lowest BCUT2D eigenvalue weighted by atomic mass is 10.1. The van der Waals surface area contributed by atoms with Crippen molar-refractivity contribution in [2.45, 2.75) is 20.4 Å². The Morgan fingerprint density at radius 1 is 1.21 bits per heavy atom. The Morgan fingerprint density at radius 3 is 2.75 bits per heavy atom. The Balaban J connectivity index is 1.84. The van der Waals surface area contributed by atoms with Crippen molar-refractivity contribution >= 4 is 29.4 Å². The highest BCUT2D eigenvalue weighted by atomic mass is 16.5. The summed E-state index contributed by atoms with van der Waals surface area (Å²) in [5, 5.41) is 5.96. The second-order valence-corrected chi connectivity index (χ2v) is 5.78. The van der Waals surface area contributed by atoms with Crippen LogP contribution in [0.5, 0.6) is 5.75 Å². The molecule has 124 valence electrons. The van der Waals surface area contributed by atoms with Crippen LogP contribution in [0.4, 0.5) is 17.3 Å². The molecular weight excluding hydrogens is 306 g/mol. The van der Waals surface area contributed by atoms with Gasteiger partial charge in [0.25, 0.3) is 0 Å². The van der Waals surface area contributed by atoms with Crippen molar-refractivity contribution in [2.75, 3.05) is 17.7 Å². The fraction of sp³-hybridized carbons (Fsp3) is 0.294. The maximum Gasteiger partial charge on any atom is 0.228 e. The van der Waals surface area contributed by atoms with Crippen LogP contribution in [0.1, 0.15) is 25.0 Å². The fourth-order valence-electron chi connectivity index (χ4n) is 2.31. The molecule has 0 bridgehead atoms. The van der Waals surface area contributed by atoms with Crippen LogP contribution in [-0.4, -0.2) is 29.2 Å². The number of methoxy groups -OCH3 is 1. The number of fused-ring (bicyclic) bond motifs is 1. The van der Waals surface area contributed by atoms with Gasteiger partial charge in [-0.2, -0.15) is 0 Å². The molecule has 1 aliphatic heterocycles. The summed E-state index contributed by atoms with van der Waals surface area (Å²) in [5.41, 5.74) is 2.97. The highest BCUT2D eigenvalue weighted by Crippen LogP contribution is 2.32. The van der Waals surface area contributed by atoms with Crippen LogP contribution in [0.15, 0.2) is 29.5 Å². The van der Waals surface area contributed by atoms with Crippen LogP contribution >= 0.6 is 0 Å². The number of nitrogens with zero attached hydrogens (tertiary/aromatic N) is 3. The summed E-state index contributed by atoms with van der Waals surface area (Å²) in [6.45, 7) is 4.32. The molecule has 0 saturated heterocycles. The van der Waals surface area contributed by atoms with Crippen LogP contribution < -0.4 is 15.4 Å². The molecule has 7 nitrogen and oxygen atoms in total. The van der Waals surface area contributed by atoms with Crippen molar-refractivity contribution in [3.63, 3.8) is 0 Å². The molecule has 0 saturated carbocycles. The normalized spacial score (nSPS) is 12.2. The number of nitrogens with one attached hydrogen (secondary N) is 2. The van der Waals surface area contributed by atoms with Gasteiger partial charge in [-0.05, 0) is 23.3 Å². The molecule has 0 atom stereocenters. The van der Waals surface area contributed by atoms with Crippen molar-refractivity contribution in [1.29, 1.82) is 0 Å². The second kappa shape index (κ2) is 6.66. The fourth-order valence-corrected chi connectivity index (χ4v) is 2.31. The summed E-state index contributed by atoms with van der Waals surface area (Å²) in [4.78, 5) is 24.3. The first-order valence-corrected chi connectivity index (χ1v) is 7.67. The summed E-state index contributed by atoms with van der Waals surface area (Å²) >= 11 is 0. The van der Waals surface area contributed by atoms with E-state index in [0.717, 1.165) is 16.8 Å². The number of hydrogen-bond acceptors (Lipinski definition) is 6. The molecule has 0 aliphatic carbocycles. The van der Waals surface area contributed by atoms with Gasteiger partial charge in [-0.3, -0.25) is 9.79 Å². The monoisotopic (exact) mass is 325 g/mol. The minimum Gasteiger partial charge on any atom is -0.495 e. The van der Waals surface area contributed by atoms with Crippen LogP contribution in [0.2, 0.25) is 0 Å².